The van der Waals surface area contributed by atoms with Crippen LogP contribution in [0.25, 0.3) is 0 Å². The van der Waals surface area contributed by atoms with Gasteiger partial charge in [0.05, 0.1) is 5.56 Å². The molecular formula is C16H18N4. The van der Waals surface area contributed by atoms with Crippen LogP contribution < -0.4 is 16.0 Å². The second kappa shape index (κ2) is 5.54. The van der Waals surface area contributed by atoms with Crippen molar-refractivity contribution in [2.24, 2.45) is 0 Å². The Balaban J connectivity index is 2.31. The van der Waals surface area contributed by atoms with Gasteiger partial charge in [0.2, 0.25) is 0 Å². The van der Waals surface area contributed by atoms with Crippen molar-refractivity contribution >= 4 is 22.7 Å². The van der Waals surface area contributed by atoms with Crippen molar-refractivity contribution < 1.29 is 0 Å². The molecular weight excluding hydrogens is 248 g/mol. The third kappa shape index (κ3) is 2.83. The van der Waals surface area contributed by atoms with Crippen LogP contribution in [0.3, 0.4) is 0 Å². The van der Waals surface area contributed by atoms with Crippen LogP contribution >= 0.6 is 0 Å². The molecule has 0 aliphatic rings. The van der Waals surface area contributed by atoms with Gasteiger partial charge in [-0.2, -0.15) is 5.26 Å². The van der Waals surface area contributed by atoms with Crippen molar-refractivity contribution in [1.82, 2.24) is 0 Å². The van der Waals surface area contributed by atoms with E-state index in [9.17, 15) is 0 Å². The van der Waals surface area contributed by atoms with Crippen molar-refractivity contribution in [2.45, 2.75) is 6.92 Å². The lowest BCUT2D eigenvalue weighted by molar-refractivity contribution is 1.11. The van der Waals surface area contributed by atoms with Gasteiger partial charge < -0.3 is 16.0 Å². The Hall–Kier alpha value is -2.67. The van der Waals surface area contributed by atoms with E-state index in [0.29, 0.717) is 11.3 Å². The van der Waals surface area contributed by atoms with Gasteiger partial charge in [-0.1, -0.05) is 6.07 Å². The van der Waals surface area contributed by atoms with Gasteiger partial charge in [0, 0.05) is 36.8 Å². The van der Waals surface area contributed by atoms with E-state index in [1.165, 1.54) is 5.56 Å². The molecule has 0 saturated carbocycles. The maximum absolute atomic E-state index is 9.00. The van der Waals surface area contributed by atoms with Gasteiger partial charge in [-0.25, -0.2) is 0 Å². The molecule has 4 nitrogen and oxygen atoms in total. The maximum Gasteiger partial charge on any atom is 0.101 e. The zero-order valence-corrected chi connectivity index (χ0v) is 11.9. The summed E-state index contributed by atoms with van der Waals surface area (Å²) < 4.78 is 0. The normalized spacial score (nSPS) is 9.90. The molecule has 2 rings (SSSR count). The molecule has 0 aromatic heterocycles. The number of nitrogens with one attached hydrogen (secondary N) is 1. The van der Waals surface area contributed by atoms with Gasteiger partial charge in [-0.3, -0.25) is 0 Å². The van der Waals surface area contributed by atoms with Crippen molar-refractivity contribution in [3.8, 4) is 6.07 Å². The fourth-order valence-electron chi connectivity index (χ4n) is 2.07. The smallest absolute Gasteiger partial charge is 0.101 e. The number of nitriles is 1. The van der Waals surface area contributed by atoms with Crippen LogP contribution in [0.1, 0.15) is 11.1 Å². The minimum atomic E-state index is 0.481. The van der Waals surface area contributed by atoms with E-state index < -0.39 is 0 Å². The van der Waals surface area contributed by atoms with E-state index in [1.807, 2.05) is 26.2 Å². The molecule has 0 fully saturated rings. The third-order valence-electron chi connectivity index (χ3n) is 3.15. The second-order valence-electron chi connectivity index (χ2n) is 4.93. The van der Waals surface area contributed by atoms with Crippen molar-refractivity contribution in [3.05, 3.63) is 47.5 Å². The molecule has 0 amide bonds. The lowest BCUT2D eigenvalue weighted by atomic mass is 10.1. The van der Waals surface area contributed by atoms with Gasteiger partial charge in [0.25, 0.3) is 0 Å². The molecule has 102 valence electrons. The fraction of sp³-hybridized carbons (Fsp3) is 0.188. The van der Waals surface area contributed by atoms with Gasteiger partial charge >= 0.3 is 0 Å². The van der Waals surface area contributed by atoms with Crippen LogP contribution in [0.5, 0.6) is 0 Å². The molecule has 3 N–H and O–H groups in total. The van der Waals surface area contributed by atoms with Crippen molar-refractivity contribution in [1.29, 1.82) is 5.26 Å². The second-order valence-corrected chi connectivity index (χ2v) is 4.93. The monoisotopic (exact) mass is 266 g/mol. The van der Waals surface area contributed by atoms with Crippen LogP contribution in [0.15, 0.2) is 36.4 Å². The number of hydrogen-bond donors (Lipinski definition) is 2. The molecule has 0 spiro atoms. The lowest BCUT2D eigenvalue weighted by Crippen LogP contribution is -2.10. The van der Waals surface area contributed by atoms with Crippen molar-refractivity contribution in [2.75, 3.05) is 30.0 Å². The highest BCUT2D eigenvalue weighted by atomic mass is 15.1. The summed E-state index contributed by atoms with van der Waals surface area (Å²) in [7, 11) is 4.03. The standard InChI is InChI=1S/C16H18N4/c1-11-4-5-14(9-16(11)20(2)3)19-13-6-7-15(18)12(8-13)10-17/h4-9,19H,18H2,1-3H3. The largest absolute Gasteiger partial charge is 0.398 e. The first-order valence-electron chi connectivity index (χ1n) is 6.36. The van der Waals surface area contributed by atoms with Crippen LogP contribution in [-0.2, 0) is 0 Å². The molecule has 20 heavy (non-hydrogen) atoms. The molecule has 0 radical (unpaired) electrons. The summed E-state index contributed by atoms with van der Waals surface area (Å²) in [6, 6.07) is 13.6. The topological polar surface area (TPSA) is 65.1 Å². The number of nitrogens with zero attached hydrogens (tertiary/aromatic N) is 2. The van der Waals surface area contributed by atoms with E-state index in [2.05, 4.69) is 35.3 Å². The van der Waals surface area contributed by atoms with E-state index >= 15 is 0 Å². The van der Waals surface area contributed by atoms with Crippen molar-refractivity contribution in [3.63, 3.8) is 0 Å². The first-order valence-corrected chi connectivity index (χ1v) is 6.36. The number of benzene rings is 2. The van der Waals surface area contributed by atoms with Crippen LogP contribution in [0.2, 0.25) is 0 Å². The summed E-state index contributed by atoms with van der Waals surface area (Å²) >= 11 is 0. The Labute approximate surface area is 119 Å². The first-order chi connectivity index (χ1) is 9.51. The molecule has 0 bridgehead atoms. The molecule has 0 atom stereocenters. The summed E-state index contributed by atoms with van der Waals surface area (Å²) in [5.74, 6) is 0. The Morgan fingerprint density at radius 3 is 2.40 bits per heavy atom. The quantitative estimate of drug-likeness (QED) is 0.837. The Morgan fingerprint density at radius 2 is 1.75 bits per heavy atom. The van der Waals surface area contributed by atoms with E-state index in [4.69, 9.17) is 11.0 Å². The van der Waals surface area contributed by atoms with E-state index in [1.54, 1.807) is 12.1 Å². The highest BCUT2D eigenvalue weighted by Gasteiger charge is 2.04. The number of aryl methyl sites for hydroxylation is 1. The molecule has 0 saturated heterocycles. The maximum atomic E-state index is 9.00. The van der Waals surface area contributed by atoms with Crippen LogP contribution in [0.4, 0.5) is 22.7 Å². The number of nitrogen functional groups attached to an aromatic ring is 1. The molecule has 0 aliphatic carbocycles. The lowest BCUT2D eigenvalue weighted by Gasteiger charge is -2.17. The van der Waals surface area contributed by atoms with Crippen LogP contribution in [-0.4, -0.2) is 14.1 Å². The molecule has 2 aromatic rings. The SMILES string of the molecule is Cc1ccc(Nc2ccc(N)c(C#N)c2)cc1N(C)C. The number of anilines is 4. The highest BCUT2D eigenvalue weighted by molar-refractivity contribution is 5.70. The minimum Gasteiger partial charge on any atom is -0.398 e. The molecule has 2 aromatic carbocycles. The van der Waals surface area contributed by atoms with E-state index in [0.717, 1.165) is 17.1 Å². The van der Waals surface area contributed by atoms with Gasteiger partial charge in [0.1, 0.15) is 6.07 Å². The third-order valence-corrected chi connectivity index (χ3v) is 3.15. The van der Waals surface area contributed by atoms with Gasteiger partial charge in [-0.15, -0.1) is 0 Å². The molecule has 4 heteroatoms. The highest BCUT2D eigenvalue weighted by Crippen LogP contribution is 2.26. The number of hydrogen-bond acceptors (Lipinski definition) is 4. The predicted molar refractivity (Wildman–Crippen MR) is 84.4 cm³/mol. The van der Waals surface area contributed by atoms with Gasteiger partial charge in [0.15, 0.2) is 0 Å². The average molecular weight is 266 g/mol. The number of rotatable bonds is 3. The first kappa shape index (κ1) is 13.8. The summed E-state index contributed by atoms with van der Waals surface area (Å²) in [4.78, 5) is 2.07. The van der Waals surface area contributed by atoms with Crippen LogP contribution in [0, 0.1) is 18.3 Å². The number of nitrogens with two attached hydrogens (primary N) is 1. The van der Waals surface area contributed by atoms with E-state index in [-0.39, 0.29) is 0 Å². The molecule has 0 heterocycles. The zero-order valence-electron chi connectivity index (χ0n) is 11.9. The Bertz CT molecular complexity index is 669. The molecule has 0 unspecified atom stereocenters. The summed E-state index contributed by atoms with van der Waals surface area (Å²) in [5.41, 5.74) is 10.9. The predicted octanol–water partition coefficient (Wildman–Crippen LogP) is 3.26. The fourth-order valence-corrected chi connectivity index (χ4v) is 2.07. The summed E-state index contributed by atoms with van der Waals surface area (Å²) in [6.07, 6.45) is 0. The minimum absolute atomic E-state index is 0.481. The zero-order chi connectivity index (χ0) is 14.7. The average Bonchev–Trinajstić information content (AvgIpc) is 2.42. The Kier molecular flexibility index (Phi) is 3.81. The summed E-state index contributed by atoms with van der Waals surface area (Å²) in [6.45, 7) is 2.08. The van der Waals surface area contributed by atoms with Gasteiger partial charge in [-0.05, 0) is 42.8 Å². The Morgan fingerprint density at radius 1 is 1.10 bits per heavy atom. The molecule has 0 aliphatic heterocycles. The summed E-state index contributed by atoms with van der Waals surface area (Å²) in [5, 5.41) is 12.3.